The van der Waals surface area contributed by atoms with Crippen LogP contribution in [0.5, 0.6) is 0 Å². The van der Waals surface area contributed by atoms with E-state index in [-0.39, 0.29) is 0 Å². The molecule has 1 heterocycles. The SMILES string of the molecule is O=[N+]([O-])C=Cc1cc2ccccc2o1. The van der Waals surface area contributed by atoms with E-state index in [1.807, 2.05) is 24.3 Å². The van der Waals surface area contributed by atoms with Crippen LogP contribution in [0.15, 0.2) is 40.9 Å². The lowest BCUT2D eigenvalue weighted by Crippen LogP contribution is -1.80. The molecule has 4 nitrogen and oxygen atoms in total. The monoisotopic (exact) mass is 189 g/mol. The molecule has 0 spiro atoms. The van der Waals surface area contributed by atoms with Gasteiger partial charge in [-0.1, -0.05) is 18.2 Å². The Hall–Kier alpha value is -2.10. The van der Waals surface area contributed by atoms with E-state index in [0.717, 1.165) is 17.2 Å². The van der Waals surface area contributed by atoms with Crippen LogP contribution in [0.2, 0.25) is 0 Å². The van der Waals surface area contributed by atoms with Crippen LogP contribution in [0.1, 0.15) is 5.76 Å². The third kappa shape index (κ3) is 1.64. The minimum absolute atomic E-state index is 0.489. The lowest BCUT2D eigenvalue weighted by molar-refractivity contribution is -0.401. The Morgan fingerprint density at radius 3 is 2.86 bits per heavy atom. The minimum atomic E-state index is -0.521. The van der Waals surface area contributed by atoms with E-state index < -0.39 is 4.92 Å². The molecule has 0 bridgehead atoms. The van der Waals surface area contributed by atoms with Gasteiger partial charge in [0, 0.05) is 5.39 Å². The van der Waals surface area contributed by atoms with Gasteiger partial charge in [-0.05, 0) is 12.1 Å². The van der Waals surface area contributed by atoms with Gasteiger partial charge in [-0.3, -0.25) is 10.1 Å². The number of hydrogen-bond donors (Lipinski definition) is 0. The van der Waals surface area contributed by atoms with Crippen molar-refractivity contribution in [2.75, 3.05) is 0 Å². The van der Waals surface area contributed by atoms with E-state index in [4.69, 9.17) is 4.42 Å². The van der Waals surface area contributed by atoms with Gasteiger partial charge < -0.3 is 4.42 Å². The van der Waals surface area contributed by atoms with Gasteiger partial charge in [-0.2, -0.15) is 0 Å². The van der Waals surface area contributed by atoms with Crippen molar-refractivity contribution >= 4 is 17.0 Å². The number of fused-ring (bicyclic) bond motifs is 1. The van der Waals surface area contributed by atoms with Crippen LogP contribution in [-0.2, 0) is 0 Å². The maximum atomic E-state index is 10.1. The van der Waals surface area contributed by atoms with Crippen molar-refractivity contribution in [3.8, 4) is 0 Å². The maximum absolute atomic E-state index is 10.1. The van der Waals surface area contributed by atoms with Gasteiger partial charge in [-0.15, -0.1) is 0 Å². The quantitative estimate of drug-likeness (QED) is 0.539. The number of nitrogens with zero attached hydrogens (tertiary/aromatic N) is 1. The standard InChI is InChI=1S/C10H7NO3/c12-11(13)6-5-9-7-8-3-1-2-4-10(8)14-9/h1-7H. The fourth-order valence-corrected chi connectivity index (χ4v) is 1.22. The van der Waals surface area contributed by atoms with Crippen molar-refractivity contribution in [1.82, 2.24) is 0 Å². The molecule has 2 aromatic rings. The predicted octanol–water partition coefficient (Wildman–Crippen LogP) is 2.68. The zero-order valence-electron chi connectivity index (χ0n) is 7.21. The summed E-state index contributed by atoms with van der Waals surface area (Å²) in [7, 11) is 0. The third-order valence-corrected chi connectivity index (χ3v) is 1.81. The highest BCUT2D eigenvalue weighted by Crippen LogP contribution is 2.19. The molecule has 0 fully saturated rings. The van der Waals surface area contributed by atoms with Gasteiger partial charge in [0.2, 0.25) is 6.20 Å². The van der Waals surface area contributed by atoms with E-state index in [1.165, 1.54) is 6.08 Å². The van der Waals surface area contributed by atoms with Crippen LogP contribution >= 0.6 is 0 Å². The summed E-state index contributed by atoms with van der Waals surface area (Å²) in [6, 6.07) is 9.21. The first-order chi connectivity index (χ1) is 6.75. The summed E-state index contributed by atoms with van der Waals surface area (Å²) in [6.07, 6.45) is 2.19. The van der Waals surface area contributed by atoms with Gasteiger partial charge in [0.05, 0.1) is 11.0 Å². The molecule has 1 aromatic heterocycles. The molecule has 2 rings (SSSR count). The second-order valence-electron chi connectivity index (χ2n) is 2.79. The van der Waals surface area contributed by atoms with Crippen molar-refractivity contribution in [3.63, 3.8) is 0 Å². The summed E-state index contributed by atoms with van der Waals surface area (Å²) in [4.78, 5) is 9.54. The summed E-state index contributed by atoms with van der Waals surface area (Å²) >= 11 is 0. The van der Waals surface area contributed by atoms with Crippen LogP contribution in [0.25, 0.3) is 17.0 Å². The van der Waals surface area contributed by atoms with Crippen molar-refractivity contribution < 1.29 is 9.34 Å². The Morgan fingerprint density at radius 1 is 1.36 bits per heavy atom. The first kappa shape index (κ1) is 8.50. The number of para-hydroxylation sites is 1. The van der Waals surface area contributed by atoms with Crippen LogP contribution in [0.3, 0.4) is 0 Å². The van der Waals surface area contributed by atoms with Gasteiger partial charge in [0.25, 0.3) is 0 Å². The number of rotatable bonds is 2. The molecule has 0 aliphatic carbocycles. The molecule has 4 heteroatoms. The summed E-state index contributed by atoms with van der Waals surface area (Å²) in [6.45, 7) is 0. The molecule has 0 amide bonds. The molecule has 1 aromatic carbocycles. The molecule has 0 atom stereocenters. The molecule has 0 saturated heterocycles. The highest BCUT2D eigenvalue weighted by molar-refractivity contribution is 5.79. The topological polar surface area (TPSA) is 56.3 Å². The third-order valence-electron chi connectivity index (χ3n) is 1.81. The van der Waals surface area contributed by atoms with Gasteiger partial charge in [-0.25, -0.2) is 0 Å². The Morgan fingerprint density at radius 2 is 2.14 bits per heavy atom. The van der Waals surface area contributed by atoms with Crippen LogP contribution in [0.4, 0.5) is 0 Å². The van der Waals surface area contributed by atoms with Crippen molar-refractivity contribution in [3.05, 3.63) is 52.4 Å². The number of benzene rings is 1. The molecule has 0 saturated carbocycles. The molecule has 14 heavy (non-hydrogen) atoms. The van der Waals surface area contributed by atoms with Gasteiger partial charge in [0.1, 0.15) is 11.3 Å². The lowest BCUT2D eigenvalue weighted by Gasteiger charge is -1.82. The molecule has 0 aliphatic heterocycles. The largest absolute Gasteiger partial charge is 0.456 e. The normalized spacial score (nSPS) is 11.1. The number of nitro groups is 1. The smallest absolute Gasteiger partial charge is 0.238 e. The fourth-order valence-electron chi connectivity index (χ4n) is 1.22. The fraction of sp³-hybridized carbons (Fsp3) is 0. The summed E-state index contributed by atoms with van der Waals surface area (Å²) in [5.74, 6) is 0.489. The Balaban J connectivity index is 2.40. The summed E-state index contributed by atoms with van der Waals surface area (Å²) in [5, 5.41) is 11.0. The highest BCUT2D eigenvalue weighted by atomic mass is 16.6. The van der Waals surface area contributed by atoms with E-state index in [0.29, 0.717) is 5.76 Å². The summed E-state index contributed by atoms with van der Waals surface area (Å²) < 4.78 is 5.33. The lowest BCUT2D eigenvalue weighted by atomic mass is 10.2. The Bertz CT molecular complexity index is 466. The predicted molar refractivity (Wildman–Crippen MR) is 52.2 cm³/mol. The Kier molecular flexibility index (Phi) is 2.02. The van der Waals surface area contributed by atoms with Crippen molar-refractivity contribution in [2.24, 2.45) is 0 Å². The number of hydrogen-bond acceptors (Lipinski definition) is 3. The van der Waals surface area contributed by atoms with E-state index >= 15 is 0 Å². The van der Waals surface area contributed by atoms with Crippen molar-refractivity contribution in [1.29, 1.82) is 0 Å². The number of furan rings is 1. The first-order valence-electron chi connectivity index (χ1n) is 4.06. The van der Waals surface area contributed by atoms with Crippen molar-refractivity contribution in [2.45, 2.75) is 0 Å². The molecular weight excluding hydrogens is 182 g/mol. The molecule has 70 valence electrons. The van der Waals surface area contributed by atoms with E-state index in [1.54, 1.807) is 6.07 Å². The Labute approximate surface area is 79.6 Å². The average Bonchev–Trinajstić information content (AvgIpc) is 2.57. The molecule has 0 N–H and O–H groups in total. The van der Waals surface area contributed by atoms with Gasteiger partial charge in [0.15, 0.2) is 0 Å². The van der Waals surface area contributed by atoms with Gasteiger partial charge >= 0.3 is 0 Å². The van der Waals surface area contributed by atoms with E-state index in [2.05, 4.69) is 0 Å². The van der Waals surface area contributed by atoms with Crippen LogP contribution in [0, 0.1) is 10.1 Å². The molecule has 0 aliphatic rings. The highest BCUT2D eigenvalue weighted by Gasteiger charge is 2.00. The molecular formula is C10H7NO3. The maximum Gasteiger partial charge on any atom is 0.238 e. The molecule has 0 radical (unpaired) electrons. The summed E-state index contributed by atoms with van der Waals surface area (Å²) in [5.41, 5.74) is 0.732. The average molecular weight is 189 g/mol. The zero-order chi connectivity index (χ0) is 9.97. The molecule has 0 unspecified atom stereocenters. The van der Waals surface area contributed by atoms with Crippen LogP contribution < -0.4 is 0 Å². The second kappa shape index (κ2) is 3.33. The van der Waals surface area contributed by atoms with E-state index in [9.17, 15) is 10.1 Å². The first-order valence-corrected chi connectivity index (χ1v) is 4.06. The minimum Gasteiger partial charge on any atom is -0.456 e. The van der Waals surface area contributed by atoms with Crippen LogP contribution in [-0.4, -0.2) is 4.92 Å². The zero-order valence-corrected chi connectivity index (χ0v) is 7.21. The second-order valence-corrected chi connectivity index (χ2v) is 2.79.